The molecule has 0 bridgehead atoms. The van der Waals surface area contributed by atoms with Crippen molar-refractivity contribution in [3.63, 3.8) is 0 Å². The molecule has 2 rings (SSSR count). The van der Waals surface area contributed by atoms with Crippen LogP contribution in [0.1, 0.15) is 25.7 Å². The molecule has 1 heterocycles. The SMILES string of the molecule is NCC1CCC(C(=O)Nc2cccc(F)n2)CC1. The minimum atomic E-state index is -0.584. The number of nitrogens with zero attached hydrogens (tertiary/aromatic N) is 1. The van der Waals surface area contributed by atoms with Gasteiger partial charge in [-0.05, 0) is 50.3 Å². The first-order valence-corrected chi connectivity index (χ1v) is 6.32. The van der Waals surface area contributed by atoms with E-state index >= 15 is 0 Å². The fourth-order valence-electron chi connectivity index (χ4n) is 2.37. The van der Waals surface area contributed by atoms with Crippen molar-refractivity contribution < 1.29 is 9.18 Å². The van der Waals surface area contributed by atoms with E-state index in [9.17, 15) is 9.18 Å². The summed E-state index contributed by atoms with van der Waals surface area (Å²) in [6, 6.07) is 4.37. The standard InChI is InChI=1S/C13H18FN3O/c14-11-2-1-3-12(16-11)17-13(18)10-6-4-9(8-15)5-7-10/h1-3,9-10H,4-8,15H2,(H,16,17,18). The van der Waals surface area contributed by atoms with Crippen molar-refractivity contribution in [2.75, 3.05) is 11.9 Å². The molecule has 1 aromatic rings. The van der Waals surface area contributed by atoms with E-state index in [0.29, 0.717) is 12.5 Å². The molecule has 4 nitrogen and oxygen atoms in total. The zero-order valence-electron chi connectivity index (χ0n) is 10.2. The lowest BCUT2D eigenvalue weighted by Gasteiger charge is -2.26. The molecule has 0 spiro atoms. The van der Waals surface area contributed by atoms with Gasteiger partial charge in [-0.15, -0.1) is 0 Å². The number of aromatic nitrogens is 1. The molecular formula is C13H18FN3O. The minimum absolute atomic E-state index is 0.00197. The van der Waals surface area contributed by atoms with Crippen molar-refractivity contribution in [1.82, 2.24) is 4.98 Å². The Morgan fingerprint density at radius 3 is 2.72 bits per heavy atom. The van der Waals surface area contributed by atoms with Crippen molar-refractivity contribution in [1.29, 1.82) is 0 Å². The van der Waals surface area contributed by atoms with Crippen LogP contribution in [0.2, 0.25) is 0 Å². The summed E-state index contributed by atoms with van der Waals surface area (Å²) >= 11 is 0. The van der Waals surface area contributed by atoms with Crippen molar-refractivity contribution in [3.8, 4) is 0 Å². The van der Waals surface area contributed by atoms with Crippen LogP contribution in [0, 0.1) is 17.8 Å². The molecule has 1 aliphatic carbocycles. The first-order valence-electron chi connectivity index (χ1n) is 6.32. The molecular weight excluding hydrogens is 233 g/mol. The first-order chi connectivity index (χ1) is 8.69. The van der Waals surface area contributed by atoms with Gasteiger partial charge in [-0.1, -0.05) is 6.07 Å². The number of nitrogens with one attached hydrogen (secondary N) is 1. The van der Waals surface area contributed by atoms with Gasteiger partial charge in [0.25, 0.3) is 0 Å². The molecule has 0 unspecified atom stereocenters. The van der Waals surface area contributed by atoms with Crippen LogP contribution in [0.3, 0.4) is 0 Å². The van der Waals surface area contributed by atoms with Crippen LogP contribution in [0.5, 0.6) is 0 Å². The summed E-state index contributed by atoms with van der Waals surface area (Å²) in [5.41, 5.74) is 5.61. The van der Waals surface area contributed by atoms with Crippen molar-refractivity contribution in [2.24, 2.45) is 17.6 Å². The molecule has 0 radical (unpaired) electrons. The molecule has 0 saturated heterocycles. The van der Waals surface area contributed by atoms with Crippen LogP contribution < -0.4 is 11.1 Å². The Balaban J connectivity index is 1.89. The Morgan fingerprint density at radius 1 is 1.39 bits per heavy atom. The lowest BCUT2D eigenvalue weighted by atomic mass is 9.81. The van der Waals surface area contributed by atoms with Crippen LogP contribution in [0.4, 0.5) is 10.2 Å². The molecule has 3 N–H and O–H groups in total. The number of hydrogen-bond donors (Lipinski definition) is 2. The topological polar surface area (TPSA) is 68.0 Å². The van der Waals surface area contributed by atoms with Crippen LogP contribution in [0.15, 0.2) is 18.2 Å². The molecule has 0 aliphatic heterocycles. The molecule has 1 aliphatic rings. The van der Waals surface area contributed by atoms with Gasteiger partial charge in [-0.3, -0.25) is 4.79 Å². The maximum absolute atomic E-state index is 12.9. The average molecular weight is 251 g/mol. The molecule has 18 heavy (non-hydrogen) atoms. The molecule has 5 heteroatoms. The van der Waals surface area contributed by atoms with E-state index in [2.05, 4.69) is 10.3 Å². The third-order valence-corrected chi connectivity index (χ3v) is 3.52. The van der Waals surface area contributed by atoms with E-state index in [4.69, 9.17) is 5.73 Å². The smallest absolute Gasteiger partial charge is 0.228 e. The zero-order chi connectivity index (χ0) is 13.0. The second-order valence-electron chi connectivity index (χ2n) is 4.79. The quantitative estimate of drug-likeness (QED) is 0.806. The van der Waals surface area contributed by atoms with Crippen molar-refractivity contribution in [3.05, 3.63) is 24.1 Å². The molecule has 0 aromatic carbocycles. The number of carbonyl (C=O) groups is 1. The van der Waals surface area contributed by atoms with E-state index in [1.54, 1.807) is 6.07 Å². The lowest BCUT2D eigenvalue weighted by Crippen LogP contribution is -2.29. The Labute approximate surface area is 106 Å². The number of carbonyl (C=O) groups excluding carboxylic acids is 1. The van der Waals surface area contributed by atoms with Crippen LogP contribution in [-0.2, 0) is 4.79 Å². The van der Waals surface area contributed by atoms with Crippen LogP contribution in [0.25, 0.3) is 0 Å². The Bertz CT molecular complexity index is 416. The van der Waals surface area contributed by atoms with Gasteiger partial charge in [0.2, 0.25) is 11.9 Å². The highest BCUT2D eigenvalue weighted by Gasteiger charge is 2.25. The highest BCUT2D eigenvalue weighted by Crippen LogP contribution is 2.28. The summed E-state index contributed by atoms with van der Waals surface area (Å²) in [5.74, 6) is 0.170. The first kappa shape index (κ1) is 13.0. The van der Waals surface area contributed by atoms with Crippen LogP contribution >= 0.6 is 0 Å². The fraction of sp³-hybridized carbons (Fsp3) is 0.538. The highest BCUT2D eigenvalue weighted by atomic mass is 19.1. The second-order valence-corrected chi connectivity index (χ2v) is 4.79. The maximum atomic E-state index is 12.9. The lowest BCUT2D eigenvalue weighted by molar-refractivity contribution is -0.121. The van der Waals surface area contributed by atoms with Gasteiger partial charge in [0, 0.05) is 5.92 Å². The predicted molar refractivity (Wildman–Crippen MR) is 67.3 cm³/mol. The summed E-state index contributed by atoms with van der Waals surface area (Å²) in [5, 5.41) is 2.66. The van der Waals surface area contributed by atoms with E-state index in [1.165, 1.54) is 12.1 Å². The van der Waals surface area contributed by atoms with Gasteiger partial charge in [-0.25, -0.2) is 4.98 Å². The van der Waals surface area contributed by atoms with Crippen molar-refractivity contribution in [2.45, 2.75) is 25.7 Å². The normalized spacial score (nSPS) is 23.7. The number of hydrogen-bond acceptors (Lipinski definition) is 3. The number of pyridine rings is 1. The summed E-state index contributed by atoms with van der Waals surface area (Å²) in [6.07, 6.45) is 3.68. The fourth-order valence-corrected chi connectivity index (χ4v) is 2.37. The summed E-state index contributed by atoms with van der Waals surface area (Å²) < 4.78 is 12.9. The Hall–Kier alpha value is -1.49. The van der Waals surface area contributed by atoms with Gasteiger partial charge in [0.05, 0.1) is 0 Å². The third kappa shape index (κ3) is 3.26. The molecule has 98 valence electrons. The average Bonchev–Trinajstić information content (AvgIpc) is 2.39. The summed E-state index contributed by atoms with van der Waals surface area (Å²) in [7, 11) is 0. The number of rotatable bonds is 3. The van der Waals surface area contributed by atoms with Crippen molar-refractivity contribution >= 4 is 11.7 Å². The Kier molecular flexibility index (Phi) is 4.25. The van der Waals surface area contributed by atoms with Gasteiger partial charge >= 0.3 is 0 Å². The molecule has 1 aromatic heterocycles. The van der Waals surface area contributed by atoms with Gasteiger partial charge in [0.15, 0.2) is 0 Å². The predicted octanol–water partition coefficient (Wildman–Crippen LogP) is 1.92. The highest BCUT2D eigenvalue weighted by molar-refractivity contribution is 5.91. The van der Waals surface area contributed by atoms with Gasteiger partial charge in [-0.2, -0.15) is 4.39 Å². The maximum Gasteiger partial charge on any atom is 0.228 e. The monoisotopic (exact) mass is 251 g/mol. The van der Waals surface area contributed by atoms with E-state index in [0.717, 1.165) is 25.7 Å². The van der Waals surface area contributed by atoms with E-state index in [1.807, 2.05) is 0 Å². The molecule has 0 atom stereocenters. The molecule has 1 amide bonds. The number of nitrogens with two attached hydrogens (primary N) is 1. The minimum Gasteiger partial charge on any atom is -0.330 e. The largest absolute Gasteiger partial charge is 0.330 e. The number of anilines is 1. The Morgan fingerprint density at radius 2 is 2.11 bits per heavy atom. The third-order valence-electron chi connectivity index (χ3n) is 3.52. The van der Waals surface area contributed by atoms with Gasteiger partial charge in [0.1, 0.15) is 5.82 Å². The summed E-state index contributed by atoms with van der Waals surface area (Å²) in [6.45, 7) is 0.694. The van der Waals surface area contributed by atoms with E-state index < -0.39 is 5.95 Å². The van der Waals surface area contributed by atoms with Crippen LogP contribution in [-0.4, -0.2) is 17.4 Å². The zero-order valence-corrected chi connectivity index (χ0v) is 10.2. The summed E-state index contributed by atoms with van der Waals surface area (Å²) in [4.78, 5) is 15.6. The molecule has 1 saturated carbocycles. The second kappa shape index (κ2) is 5.91. The number of amides is 1. The molecule has 1 fully saturated rings. The van der Waals surface area contributed by atoms with Gasteiger partial charge < -0.3 is 11.1 Å². The van der Waals surface area contributed by atoms with E-state index in [-0.39, 0.29) is 17.6 Å². The number of halogens is 1.